The van der Waals surface area contributed by atoms with Gasteiger partial charge in [0.15, 0.2) is 23.0 Å². The van der Waals surface area contributed by atoms with E-state index in [9.17, 15) is 24.0 Å². The van der Waals surface area contributed by atoms with E-state index in [0.29, 0.717) is 40.7 Å². The highest BCUT2D eigenvalue weighted by molar-refractivity contribution is 5.98. The Morgan fingerprint density at radius 1 is 0.714 bits per heavy atom. The van der Waals surface area contributed by atoms with Crippen LogP contribution in [0.3, 0.4) is 0 Å². The van der Waals surface area contributed by atoms with Crippen molar-refractivity contribution in [1.29, 1.82) is 0 Å². The van der Waals surface area contributed by atoms with E-state index >= 15 is 0 Å². The molecule has 6 N–H and O–H groups in total. The Labute approximate surface area is 369 Å². The van der Waals surface area contributed by atoms with Crippen LogP contribution in [0.15, 0.2) is 54.6 Å². The first-order valence-corrected chi connectivity index (χ1v) is 20.5. The predicted octanol–water partition coefficient (Wildman–Crippen LogP) is 5.49. The zero-order chi connectivity index (χ0) is 46.6. The highest BCUT2D eigenvalue weighted by Gasteiger charge is 2.28. The fourth-order valence-corrected chi connectivity index (χ4v) is 6.07. The molecule has 0 fully saturated rings. The maximum Gasteiger partial charge on any atom is 0.415 e. The lowest BCUT2D eigenvalue weighted by molar-refractivity contribution is -0.129. The number of anilines is 1. The molecule has 0 aliphatic carbocycles. The van der Waals surface area contributed by atoms with E-state index in [4.69, 9.17) is 34.2 Å². The number of rotatable bonds is 23. The lowest BCUT2D eigenvalue weighted by Gasteiger charge is -2.27. The fourth-order valence-electron chi connectivity index (χ4n) is 6.07. The Bertz CT molecular complexity index is 2000. The quantitative estimate of drug-likeness (QED) is 0.0590. The normalized spacial score (nSPS) is 11.9. The molecule has 0 bridgehead atoms. The molecule has 344 valence electrons. The number of urea groups is 1. The number of nitrogens with two attached hydrogens (primary N) is 1. The monoisotopic (exact) mass is 877 g/mol. The molecule has 6 amide bonds. The second-order valence-electron chi connectivity index (χ2n) is 15.2. The lowest BCUT2D eigenvalue weighted by atomic mass is 10.0. The smallest absolute Gasteiger partial charge is 0.415 e. The maximum absolute atomic E-state index is 13.4. The molecule has 0 saturated carbocycles. The first-order chi connectivity index (χ1) is 30.0. The fraction of sp³-hybridized carbons (Fsp3) is 0.444. The van der Waals surface area contributed by atoms with Crippen molar-refractivity contribution in [3.63, 3.8) is 0 Å². The number of amides is 6. The van der Waals surface area contributed by atoms with E-state index in [1.807, 2.05) is 45.9 Å². The van der Waals surface area contributed by atoms with Gasteiger partial charge in [-0.25, -0.2) is 14.4 Å². The molecule has 0 aliphatic heterocycles. The van der Waals surface area contributed by atoms with Gasteiger partial charge in [0.05, 0.1) is 34.5 Å². The van der Waals surface area contributed by atoms with Crippen LogP contribution < -0.4 is 50.7 Å². The molecule has 0 heterocycles. The Hall–Kier alpha value is -6.69. The van der Waals surface area contributed by atoms with Crippen LogP contribution in [-0.4, -0.2) is 120 Å². The molecule has 0 spiro atoms. The average molecular weight is 878 g/mol. The number of ether oxygens (including phenoxy) is 6. The van der Waals surface area contributed by atoms with Gasteiger partial charge < -0.3 is 65.2 Å². The maximum atomic E-state index is 13.4. The van der Waals surface area contributed by atoms with Crippen molar-refractivity contribution in [1.82, 2.24) is 25.8 Å². The van der Waals surface area contributed by atoms with Gasteiger partial charge in [-0.05, 0) is 71.8 Å². The standard InChI is InChI=1S/C45H63N7O11/c1-28(2)39(48-29(3)4)42(54)50-34(12-11-21-47-43(46)55)41(53)49-33-18-15-31(16-19-33)27-62-44(56)51(5)22-23-52(6)45(57)63-36-24-30(17-20-35(36)58-7)13-14-32-25-37(59-8)40(61-10)38(26-32)60-9/h13-20,24-26,28-29,34,39,48H,11-12,21-23,27H2,1-10H3,(H,49,53)(H,50,54)(H3,46,47,55)/b14-13-/t34-,39-/m0/s1. The van der Waals surface area contributed by atoms with Crippen molar-refractivity contribution in [2.45, 2.75) is 65.3 Å². The molecule has 0 unspecified atom stereocenters. The van der Waals surface area contributed by atoms with Gasteiger partial charge in [0.2, 0.25) is 17.6 Å². The number of nitrogens with one attached hydrogen (secondary N) is 4. The first kappa shape index (κ1) is 50.7. The molecular formula is C45H63N7O11. The topological polar surface area (TPSA) is 221 Å². The molecule has 2 atom stereocenters. The Morgan fingerprint density at radius 3 is 1.86 bits per heavy atom. The molecule has 18 nitrogen and oxygen atoms in total. The molecule has 0 aliphatic rings. The molecule has 0 radical (unpaired) electrons. The Kier molecular flexibility index (Phi) is 20.3. The average Bonchev–Trinajstić information content (AvgIpc) is 3.26. The summed E-state index contributed by atoms with van der Waals surface area (Å²) in [5.74, 6) is 1.28. The molecule has 3 aromatic rings. The third-order valence-corrected chi connectivity index (χ3v) is 9.58. The Balaban J connectivity index is 1.54. The van der Waals surface area contributed by atoms with Crippen LogP contribution >= 0.6 is 0 Å². The molecular weight excluding hydrogens is 815 g/mol. The minimum atomic E-state index is -0.885. The molecule has 0 saturated heterocycles. The molecule has 0 aromatic heterocycles. The highest BCUT2D eigenvalue weighted by Crippen LogP contribution is 2.39. The minimum Gasteiger partial charge on any atom is -0.493 e. The van der Waals surface area contributed by atoms with Crippen molar-refractivity contribution >= 4 is 47.9 Å². The number of benzene rings is 3. The van der Waals surface area contributed by atoms with Crippen LogP contribution in [0.2, 0.25) is 0 Å². The summed E-state index contributed by atoms with van der Waals surface area (Å²) in [4.78, 5) is 66.4. The van der Waals surface area contributed by atoms with Gasteiger partial charge in [0.25, 0.3) is 0 Å². The summed E-state index contributed by atoms with van der Waals surface area (Å²) in [7, 11) is 9.19. The van der Waals surface area contributed by atoms with Crippen molar-refractivity contribution in [2.75, 3.05) is 67.5 Å². The van der Waals surface area contributed by atoms with Gasteiger partial charge in [0, 0.05) is 45.5 Å². The largest absolute Gasteiger partial charge is 0.493 e. The van der Waals surface area contributed by atoms with Crippen LogP contribution in [0.4, 0.5) is 20.1 Å². The highest BCUT2D eigenvalue weighted by atomic mass is 16.6. The van der Waals surface area contributed by atoms with Gasteiger partial charge >= 0.3 is 18.2 Å². The number of hydrogen-bond donors (Lipinski definition) is 5. The van der Waals surface area contributed by atoms with Crippen LogP contribution in [0.25, 0.3) is 12.2 Å². The summed E-state index contributed by atoms with van der Waals surface area (Å²) in [6, 6.07) is 13.5. The zero-order valence-electron chi connectivity index (χ0n) is 37.9. The van der Waals surface area contributed by atoms with E-state index in [1.54, 1.807) is 76.8 Å². The van der Waals surface area contributed by atoms with Gasteiger partial charge in [0.1, 0.15) is 12.6 Å². The summed E-state index contributed by atoms with van der Waals surface area (Å²) in [6.07, 6.45) is 3.06. The van der Waals surface area contributed by atoms with E-state index < -0.39 is 36.2 Å². The second-order valence-corrected chi connectivity index (χ2v) is 15.2. The number of primary amides is 1. The third kappa shape index (κ3) is 16.3. The minimum absolute atomic E-state index is 0.0295. The lowest BCUT2D eigenvalue weighted by Crippen LogP contribution is -2.54. The van der Waals surface area contributed by atoms with Crippen molar-refractivity contribution in [3.8, 4) is 28.7 Å². The molecule has 18 heteroatoms. The second kappa shape index (κ2) is 25.3. The summed E-state index contributed by atoms with van der Waals surface area (Å²) in [5.41, 5.74) is 7.81. The summed E-state index contributed by atoms with van der Waals surface area (Å²) in [5, 5.41) is 11.4. The van der Waals surface area contributed by atoms with Gasteiger partial charge in [-0.15, -0.1) is 0 Å². The van der Waals surface area contributed by atoms with Crippen LogP contribution in [0.5, 0.6) is 28.7 Å². The summed E-state index contributed by atoms with van der Waals surface area (Å²) in [6.45, 7) is 8.18. The molecule has 63 heavy (non-hydrogen) atoms. The van der Waals surface area contributed by atoms with Gasteiger partial charge in [-0.3, -0.25) is 9.59 Å². The van der Waals surface area contributed by atoms with E-state index in [-0.39, 0.29) is 56.3 Å². The SMILES string of the molecule is COc1ccc(/C=C\c2cc(OC)c(OC)c(OC)c2)cc1OC(=O)N(C)CCN(C)C(=O)OCc1ccc(NC(=O)[C@H](CCCNC(N)=O)NC(=O)[C@@H](NC(C)C)C(C)C)cc1. The number of hydrogen-bond acceptors (Lipinski definition) is 12. The van der Waals surface area contributed by atoms with Crippen LogP contribution in [0, 0.1) is 5.92 Å². The number of likely N-dealkylation sites (N-methyl/N-ethyl adjacent to an activating group) is 2. The Morgan fingerprint density at radius 2 is 1.30 bits per heavy atom. The number of methoxy groups -OCH3 is 4. The van der Waals surface area contributed by atoms with Crippen molar-refractivity contribution < 1.29 is 52.4 Å². The van der Waals surface area contributed by atoms with Crippen LogP contribution in [0.1, 0.15) is 57.2 Å². The first-order valence-electron chi connectivity index (χ1n) is 20.5. The number of carbonyl (C=O) groups excluding carboxylic acids is 5. The third-order valence-electron chi connectivity index (χ3n) is 9.58. The summed E-state index contributed by atoms with van der Waals surface area (Å²) < 4.78 is 32.9. The molecule has 3 rings (SSSR count). The van der Waals surface area contributed by atoms with E-state index in [2.05, 4.69) is 21.3 Å². The van der Waals surface area contributed by atoms with Gasteiger partial charge in [-0.2, -0.15) is 0 Å². The summed E-state index contributed by atoms with van der Waals surface area (Å²) >= 11 is 0. The van der Waals surface area contributed by atoms with E-state index in [1.165, 1.54) is 24.0 Å². The van der Waals surface area contributed by atoms with Crippen molar-refractivity contribution in [2.24, 2.45) is 11.7 Å². The van der Waals surface area contributed by atoms with Crippen molar-refractivity contribution in [3.05, 3.63) is 71.3 Å². The predicted molar refractivity (Wildman–Crippen MR) is 240 cm³/mol. The van der Waals surface area contributed by atoms with Gasteiger partial charge in [-0.1, -0.05) is 58.0 Å². The number of carbonyl (C=O) groups is 5. The zero-order valence-corrected chi connectivity index (χ0v) is 37.9. The van der Waals surface area contributed by atoms with E-state index in [0.717, 1.165) is 11.1 Å². The molecule has 3 aromatic carbocycles. The number of nitrogens with zero attached hydrogens (tertiary/aromatic N) is 2. The van der Waals surface area contributed by atoms with Crippen LogP contribution in [-0.2, 0) is 20.9 Å².